The summed E-state index contributed by atoms with van der Waals surface area (Å²) in [5.74, 6) is 0.720. The van der Waals surface area contributed by atoms with Gasteiger partial charge in [-0.05, 0) is 72.4 Å². The number of nitrogens with zero attached hydrogens (tertiary/aromatic N) is 2. The zero-order valence-electron chi connectivity index (χ0n) is 21.9. The number of benzene rings is 3. The molecular weight excluding hydrogens is 510 g/mol. The maximum absolute atomic E-state index is 13.2. The van der Waals surface area contributed by atoms with Crippen molar-refractivity contribution in [1.29, 1.82) is 0 Å². The number of nitrogens with two attached hydrogens (primary N) is 1. The van der Waals surface area contributed by atoms with Gasteiger partial charge < -0.3 is 30.5 Å². The van der Waals surface area contributed by atoms with Gasteiger partial charge in [-0.25, -0.2) is 0 Å². The molecule has 4 aromatic rings. The number of hydrogen-bond donors (Lipinski definition) is 3. The predicted octanol–water partition coefficient (Wildman–Crippen LogP) is 3.63. The van der Waals surface area contributed by atoms with Gasteiger partial charge in [-0.2, -0.15) is 0 Å². The average molecular weight is 540 g/mol. The first-order valence-corrected chi connectivity index (χ1v) is 13.1. The number of para-hydroxylation sites is 1. The number of hydrogen-bond acceptors (Lipinski definition) is 7. The van der Waals surface area contributed by atoms with E-state index in [0.29, 0.717) is 40.3 Å². The van der Waals surface area contributed by atoms with E-state index in [0.717, 1.165) is 12.0 Å². The first kappa shape index (κ1) is 25.4. The first-order valence-electron chi connectivity index (χ1n) is 13.1. The standard InChI is InChI=1S/C30H29N5O5/c1-30-14-23(29(38)32-16-18-7-12-24-22(13-18)27(31)34-40-24)35(25(30)15-30)26(36)17-33-28(37)19-8-10-21(11-9-19)39-20-5-3-2-4-6-20/h2-13,23,25H,14-17H2,1H3,(H2,31,34)(H,32,38)(H,33,37)/t23-,25-,30+/m0/s1. The van der Waals surface area contributed by atoms with Gasteiger partial charge in [0.2, 0.25) is 11.8 Å². The van der Waals surface area contributed by atoms with Crippen LogP contribution in [0, 0.1) is 5.41 Å². The van der Waals surface area contributed by atoms with Crippen LogP contribution in [0.3, 0.4) is 0 Å². The Morgan fingerprint density at radius 1 is 1.02 bits per heavy atom. The molecule has 0 bridgehead atoms. The second-order valence-electron chi connectivity index (χ2n) is 10.6. The topological polar surface area (TPSA) is 140 Å². The minimum absolute atomic E-state index is 0.00442. The first-order chi connectivity index (χ1) is 19.3. The van der Waals surface area contributed by atoms with E-state index in [2.05, 4.69) is 22.7 Å². The zero-order valence-corrected chi connectivity index (χ0v) is 21.9. The van der Waals surface area contributed by atoms with Crippen LogP contribution in [-0.2, 0) is 16.1 Å². The van der Waals surface area contributed by atoms with E-state index < -0.39 is 6.04 Å². The summed E-state index contributed by atoms with van der Waals surface area (Å²) in [7, 11) is 0. The lowest BCUT2D eigenvalue weighted by Crippen LogP contribution is -2.50. The summed E-state index contributed by atoms with van der Waals surface area (Å²) in [4.78, 5) is 40.8. The van der Waals surface area contributed by atoms with Crippen LogP contribution in [-0.4, -0.2) is 46.4 Å². The van der Waals surface area contributed by atoms with Crippen LogP contribution in [0.1, 0.15) is 35.7 Å². The average Bonchev–Trinajstić information content (AvgIpc) is 3.32. The van der Waals surface area contributed by atoms with Gasteiger partial charge in [-0.15, -0.1) is 0 Å². The predicted molar refractivity (Wildman–Crippen MR) is 147 cm³/mol. The van der Waals surface area contributed by atoms with Crippen molar-refractivity contribution >= 4 is 34.5 Å². The molecule has 3 aromatic carbocycles. The highest BCUT2D eigenvalue weighted by Gasteiger charge is 2.64. The molecular formula is C30H29N5O5. The van der Waals surface area contributed by atoms with Crippen molar-refractivity contribution in [2.24, 2.45) is 5.41 Å². The number of fused-ring (bicyclic) bond motifs is 2. The second-order valence-corrected chi connectivity index (χ2v) is 10.6. The lowest BCUT2D eigenvalue weighted by Gasteiger charge is -2.27. The van der Waals surface area contributed by atoms with Crippen molar-refractivity contribution in [2.75, 3.05) is 12.3 Å². The number of anilines is 1. The SMILES string of the molecule is C[C@@]12C[C@@H]1N(C(=O)CNC(=O)c1ccc(Oc3ccccc3)cc1)[C@H](C(=O)NCc1ccc3onc(N)c3c1)C2. The molecule has 1 aliphatic heterocycles. The van der Waals surface area contributed by atoms with Crippen molar-refractivity contribution < 1.29 is 23.6 Å². The van der Waals surface area contributed by atoms with Gasteiger partial charge in [0, 0.05) is 18.2 Å². The molecule has 1 aliphatic carbocycles. The highest BCUT2D eigenvalue weighted by molar-refractivity contribution is 5.97. The molecule has 10 heteroatoms. The molecule has 6 rings (SSSR count). The normalized spacial score (nSPS) is 21.1. The minimum atomic E-state index is -0.591. The summed E-state index contributed by atoms with van der Waals surface area (Å²) in [5.41, 5.74) is 7.59. The molecule has 2 fully saturated rings. The van der Waals surface area contributed by atoms with Crippen molar-refractivity contribution in [1.82, 2.24) is 20.7 Å². The number of piperidine rings is 1. The van der Waals surface area contributed by atoms with Crippen LogP contribution >= 0.6 is 0 Å². The minimum Gasteiger partial charge on any atom is -0.457 e. The van der Waals surface area contributed by atoms with Gasteiger partial charge in [0.15, 0.2) is 11.4 Å². The molecule has 40 heavy (non-hydrogen) atoms. The zero-order chi connectivity index (χ0) is 27.9. The van der Waals surface area contributed by atoms with Crippen LogP contribution in [0.15, 0.2) is 77.3 Å². The lowest BCUT2D eigenvalue weighted by atomic mass is 10.0. The van der Waals surface area contributed by atoms with Gasteiger partial charge in [-0.3, -0.25) is 14.4 Å². The third kappa shape index (κ3) is 4.95. The number of amides is 3. The second kappa shape index (κ2) is 10.0. The Bertz CT molecular complexity index is 1590. The molecule has 1 aromatic heterocycles. The van der Waals surface area contributed by atoms with E-state index >= 15 is 0 Å². The van der Waals surface area contributed by atoms with Crippen molar-refractivity contribution in [3.63, 3.8) is 0 Å². The molecule has 3 atom stereocenters. The highest BCUT2D eigenvalue weighted by Crippen LogP contribution is 2.59. The summed E-state index contributed by atoms with van der Waals surface area (Å²) in [6, 6.07) is 20.9. The van der Waals surface area contributed by atoms with Crippen LogP contribution < -0.4 is 21.1 Å². The number of ether oxygens (including phenoxy) is 1. The fourth-order valence-electron chi connectivity index (χ4n) is 5.43. The van der Waals surface area contributed by atoms with Gasteiger partial charge in [0.05, 0.1) is 11.9 Å². The van der Waals surface area contributed by atoms with Crippen molar-refractivity contribution in [3.8, 4) is 11.5 Å². The molecule has 0 radical (unpaired) electrons. The fourth-order valence-corrected chi connectivity index (χ4v) is 5.43. The number of carbonyl (C=O) groups excluding carboxylic acids is 3. The lowest BCUT2D eigenvalue weighted by molar-refractivity contribution is -0.139. The highest BCUT2D eigenvalue weighted by atomic mass is 16.5. The van der Waals surface area contributed by atoms with Gasteiger partial charge in [0.25, 0.3) is 5.91 Å². The summed E-state index contributed by atoms with van der Waals surface area (Å²) >= 11 is 0. The van der Waals surface area contributed by atoms with Gasteiger partial charge in [0.1, 0.15) is 17.5 Å². The molecule has 10 nitrogen and oxygen atoms in total. The van der Waals surface area contributed by atoms with E-state index in [1.165, 1.54) is 0 Å². The van der Waals surface area contributed by atoms with E-state index in [4.69, 9.17) is 15.0 Å². The third-order valence-electron chi connectivity index (χ3n) is 7.75. The number of likely N-dealkylation sites (tertiary alicyclic amines) is 1. The van der Waals surface area contributed by atoms with E-state index in [1.54, 1.807) is 35.2 Å². The fraction of sp³-hybridized carbons (Fsp3) is 0.267. The van der Waals surface area contributed by atoms with Gasteiger partial charge >= 0.3 is 0 Å². The largest absolute Gasteiger partial charge is 0.457 e. The van der Waals surface area contributed by atoms with E-state index in [-0.39, 0.29) is 42.3 Å². The quantitative estimate of drug-likeness (QED) is 0.311. The Labute approximate surface area is 230 Å². The summed E-state index contributed by atoms with van der Waals surface area (Å²) in [6.45, 7) is 2.17. The Morgan fingerprint density at radius 2 is 1.77 bits per heavy atom. The number of rotatable bonds is 8. The summed E-state index contributed by atoms with van der Waals surface area (Å²) < 4.78 is 10.9. The molecule has 0 unspecified atom stereocenters. The number of nitrogens with one attached hydrogen (secondary N) is 2. The van der Waals surface area contributed by atoms with Crippen molar-refractivity contribution in [2.45, 2.75) is 38.4 Å². The van der Waals surface area contributed by atoms with Crippen LogP contribution in [0.4, 0.5) is 5.82 Å². The molecule has 3 amide bonds. The molecule has 2 aliphatic rings. The number of aromatic nitrogens is 1. The maximum Gasteiger partial charge on any atom is 0.251 e. The monoisotopic (exact) mass is 539 g/mol. The van der Waals surface area contributed by atoms with Crippen LogP contribution in [0.5, 0.6) is 11.5 Å². The molecule has 1 saturated carbocycles. The van der Waals surface area contributed by atoms with Gasteiger partial charge in [-0.1, -0.05) is 36.3 Å². The molecule has 0 spiro atoms. The molecule has 204 valence electrons. The Morgan fingerprint density at radius 3 is 2.55 bits per heavy atom. The van der Waals surface area contributed by atoms with E-state index in [1.807, 2.05) is 42.5 Å². The molecule has 1 saturated heterocycles. The smallest absolute Gasteiger partial charge is 0.251 e. The third-order valence-corrected chi connectivity index (χ3v) is 7.75. The Hall–Kier alpha value is -4.86. The number of nitrogen functional groups attached to an aromatic ring is 1. The Kier molecular flexibility index (Phi) is 6.37. The maximum atomic E-state index is 13.2. The molecule has 4 N–H and O–H groups in total. The van der Waals surface area contributed by atoms with Crippen molar-refractivity contribution in [3.05, 3.63) is 83.9 Å². The Balaban J connectivity index is 1.05. The molecule has 2 heterocycles. The summed E-state index contributed by atoms with van der Waals surface area (Å²) in [5, 5.41) is 10.1. The summed E-state index contributed by atoms with van der Waals surface area (Å²) in [6.07, 6.45) is 1.44. The van der Waals surface area contributed by atoms with Crippen LogP contribution in [0.25, 0.3) is 11.0 Å². The van der Waals surface area contributed by atoms with Crippen LogP contribution in [0.2, 0.25) is 0 Å². The number of carbonyl (C=O) groups is 3. The van der Waals surface area contributed by atoms with E-state index in [9.17, 15) is 14.4 Å².